The normalized spacial score (nSPS) is 10.5. The van der Waals surface area contributed by atoms with Crippen molar-refractivity contribution in [1.29, 1.82) is 0 Å². The first-order valence-corrected chi connectivity index (χ1v) is 6.97. The molecule has 0 aliphatic rings. The van der Waals surface area contributed by atoms with Gasteiger partial charge in [0, 0.05) is 12.1 Å². The van der Waals surface area contributed by atoms with Crippen molar-refractivity contribution in [2.45, 2.75) is 27.2 Å². The standard InChI is InChI=1S/C14H17N3OS/c1-4-10(18)12-13(15)17-14(19-12)16-11-8(2)6-5-7-9(11)3/h5-7H,4,15H2,1-3H3,(H,16,17). The zero-order valence-corrected chi connectivity index (χ0v) is 12.1. The summed E-state index contributed by atoms with van der Waals surface area (Å²) in [4.78, 5) is 16.5. The van der Waals surface area contributed by atoms with E-state index in [-0.39, 0.29) is 5.78 Å². The maximum Gasteiger partial charge on any atom is 0.189 e. The van der Waals surface area contributed by atoms with E-state index in [0.29, 0.717) is 22.2 Å². The largest absolute Gasteiger partial charge is 0.382 e. The van der Waals surface area contributed by atoms with Crippen LogP contribution in [0.2, 0.25) is 0 Å². The first-order chi connectivity index (χ1) is 9.02. The van der Waals surface area contributed by atoms with Gasteiger partial charge in [0.15, 0.2) is 10.9 Å². The van der Waals surface area contributed by atoms with Crippen molar-refractivity contribution >= 4 is 33.8 Å². The van der Waals surface area contributed by atoms with Gasteiger partial charge in [-0.3, -0.25) is 4.79 Å². The molecule has 0 amide bonds. The monoisotopic (exact) mass is 275 g/mol. The molecule has 1 aromatic heterocycles. The van der Waals surface area contributed by atoms with Crippen LogP contribution < -0.4 is 11.1 Å². The van der Waals surface area contributed by atoms with Crippen LogP contribution in [0.1, 0.15) is 34.1 Å². The van der Waals surface area contributed by atoms with Gasteiger partial charge in [-0.15, -0.1) is 0 Å². The van der Waals surface area contributed by atoms with Gasteiger partial charge in [0.2, 0.25) is 0 Å². The van der Waals surface area contributed by atoms with Gasteiger partial charge in [-0.05, 0) is 25.0 Å². The fourth-order valence-corrected chi connectivity index (χ4v) is 2.76. The topological polar surface area (TPSA) is 68.0 Å². The number of para-hydroxylation sites is 1. The second-order valence-electron chi connectivity index (χ2n) is 4.40. The van der Waals surface area contributed by atoms with Gasteiger partial charge in [0.1, 0.15) is 10.7 Å². The molecule has 19 heavy (non-hydrogen) atoms. The fourth-order valence-electron chi connectivity index (χ4n) is 1.86. The number of carbonyl (C=O) groups is 1. The molecule has 0 radical (unpaired) electrons. The van der Waals surface area contributed by atoms with Crippen LogP contribution in [0.4, 0.5) is 16.6 Å². The summed E-state index contributed by atoms with van der Waals surface area (Å²) in [6.45, 7) is 5.88. The number of hydrogen-bond acceptors (Lipinski definition) is 5. The van der Waals surface area contributed by atoms with Crippen molar-refractivity contribution in [3.8, 4) is 0 Å². The minimum atomic E-state index is 0.0320. The Hall–Kier alpha value is -1.88. The van der Waals surface area contributed by atoms with Gasteiger partial charge >= 0.3 is 0 Å². The number of nitrogens with zero attached hydrogens (tertiary/aromatic N) is 1. The van der Waals surface area contributed by atoms with E-state index < -0.39 is 0 Å². The molecule has 0 spiro atoms. The number of Topliss-reactive ketones (excluding diaryl/α,β-unsaturated/α-hetero) is 1. The van der Waals surface area contributed by atoms with Gasteiger partial charge in [0.05, 0.1) is 0 Å². The van der Waals surface area contributed by atoms with Crippen LogP contribution in [0.15, 0.2) is 18.2 Å². The van der Waals surface area contributed by atoms with Crippen LogP contribution in [-0.4, -0.2) is 10.8 Å². The number of thiazole rings is 1. The van der Waals surface area contributed by atoms with E-state index >= 15 is 0 Å². The van der Waals surface area contributed by atoms with Gasteiger partial charge < -0.3 is 11.1 Å². The van der Waals surface area contributed by atoms with Gasteiger partial charge in [-0.1, -0.05) is 36.5 Å². The first-order valence-electron chi connectivity index (χ1n) is 6.15. The molecule has 3 N–H and O–H groups in total. The number of hydrogen-bond donors (Lipinski definition) is 2. The number of aryl methyl sites for hydroxylation is 2. The van der Waals surface area contributed by atoms with Crippen LogP contribution in [0.25, 0.3) is 0 Å². The van der Waals surface area contributed by atoms with Crippen LogP contribution in [-0.2, 0) is 0 Å². The molecular formula is C14H17N3OS. The highest BCUT2D eigenvalue weighted by Crippen LogP contribution is 2.31. The predicted molar refractivity (Wildman–Crippen MR) is 80.3 cm³/mol. The Morgan fingerprint density at radius 1 is 1.37 bits per heavy atom. The van der Waals surface area contributed by atoms with Gasteiger partial charge in [0.25, 0.3) is 0 Å². The number of nitrogen functional groups attached to an aromatic ring is 1. The van der Waals surface area contributed by atoms with Crippen LogP contribution in [0, 0.1) is 13.8 Å². The molecular weight excluding hydrogens is 258 g/mol. The maximum atomic E-state index is 11.7. The molecule has 1 aromatic carbocycles. The number of benzene rings is 1. The Morgan fingerprint density at radius 2 is 2.00 bits per heavy atom. The molecule has 0 aliphatic carbocycles. The van der Waals surface area contributed by atoms with Crippen molar-refractivity contribution in [3.05, 3.63) is 34.2 Å². The summed E-state index contributed by atoms with van der Waals surface area (Å²) in [7, 11) is 0. The third kappa shape index (κ3) is 2.76. The second kappa shape index (κ2) is 5.40. The molecule has 0 saturated carbocycles. The molecule has 2 aromatic rings. The molecule has 0 saturated heterocycles. The van der Waals surface area contributed by atoms with E-state index in [2.05, 4.69) is 10.3 Å². The lowest BCUT2D eigenvalue weighted by molar-refractivity contribution is 0.0992. The Balaban J connectivity index is 2.32. The lowest BCUT2D eigenvalue weighted by atomic mass is 10.1. The number of nitrogens with one attached hydrogen (secondary N) is 1. The number of ketones is 1. The molecule has 0 aliphatic heterocycles. The van der Waals surface area contributed by atoms with Crippen molar-refractivity contribution < 1.29 is 4.79 Å². The third-order valence-corrected chi connectivity index (χ3v) is 3.97. The molecule has 4 nitrogen and oxygen atoms in total. The quantitative estimate of drug-likeness (QED) is 0.835. The Labute approximate surface area is 116 Å². The molecule has 0 unspecified atom stereocenters. The lowest BCUT2D eigenvalue weighted by Crippen LogP contribution is -1.98. The first kappa shape index (κ1) is 13.5. The average Bonchev–Trinajstić information content (AvgIpc) is 2.74. The summed E-state index contributed by atoms with van der Waals surface area (Å²) in [5.74, 6) is 0.343. The Morgan fingerprint density at radius 3 is 2.58 bits per heavy atom. The fraction of sp³-hybridized carbons (Fsp3) is 0.286. The number of anilines is 3. The van der Waals surface area contributed by atoms with Crippen molar-refractivity contribution in [3.63, 3.8) is 0 Å². The van der Waals surface area contributed by atoms with Crippen molar-refractivity contribution in [2.75, 3.05) is 11.1 Å². The number of nitrogens with two attached hydrogens (primary N) is 1. The molecule has 100 valence electrons. The second-order valence-corrected chi connectivity index (χ2v) is 5.40. The van der Waals surface area contributed by atoms with E-state index in [1.807, 2.05) is 39.0 Å². The minimum absolute atomic E-state index is 0.0320. The van der Waals surface area contributed by atoms with Crippen molar-refractivity contribution in [2.24, 2.45) is 0 Å². The molecule has 5 heteroatoms. The highest BCUT2D eigenvalue weighted by molar-refractivity contribution is 7.18. The highest BCUT2D eigenvalue weighted by Gasteiger charge is 2.15. The van der Waals surface area contributed by atoms with E-state index in [4.69, 9.17) is 5.73 Å². The summed E-state index contributed by atoms with van der Waals surface area (Å²) in [6, 6.07) is 6.08. The highest BCUT2D eigenvalue weighted by atomic mass is 32.1. The van der Waals surface area contributed by atoms with Crippen LogP contribution >= 0.6 is 11.3 Å². The van der Waals surface area contributed by atoms with E-state index in [9.17, 15) is 4.79 Å². The number of carbonyl (C=O) groups excluding carboxylic acids is 1. The van der Waals surface area contributed by atoms with E-state index in [1.54, 1.807) is 0 Å². The van der Waals surface area contributed by atoms with Crippen molar-refractivity contribution in [1.82, 2.24) is 4.98 Å². The maximum absolute atomic E-state index is 11.7. The molecule has 0 atom stereocenters. The van der Waals surface area contributed by atoms with E-state index in [0.717, 1.165) is 16.8 Å². The number of aromatic nitrogens is 1. The SMILES string of the molecule is CCC(=O)c1sc(Nc2c(C)cccc2C)nc1N. The Bertz CT molecular complexity index is 599. The lowest BCUT2D eigenvalue weighted by Gasteiger charge is -2.09. The van der Waals surface area contributed by atoms with E-state index in [1.165, 1.54) is 11.3 Å². The number of rotatable bonds is 4. The summed E-state index contributed by atoms with van der Waals surface area (Å²) >= 11 is 1.31. The zero-order valence-electron chi connectivity index (χ0n) is 11.3. The molecule has 2 rings (SSSR count). The summed E-state index contributed by atoms with van der Waals surface area (Å²) in [5.41, 5.74) is 9.08. The smallest absolute Gasteiger partial charge is 0.189 e. The summed E-state index contributed by atoms with van der Waals surface area (Å²) in [6.07, 6.45) is 0.440. The van der Waals surface area contributed by atoms with Gasteiger partial charge in [-0.25, -0.2) is 4.98 Å². The Kier molecular flexibility index (Phi) is 3.85. The van der Waals surface area contributed by atoms with Crippen LogP contribution in [0.3, 0.4) is 0 Å². The third-order valence-electron chi connectivity index (χ3n) is 2.94. The van der Waals surface area contributed by atoms with Gasteiger partial charge in [-0.2, -0.15) is 0 Å². The van der Waals surface area contributed by atoms with Crippen LogP contribution in [0.5, 0.6) is 0 Å². The average molecular weight is 275 g/mol. The summed E-state index contributed by atoms with van der Waals surface area (Å²) < 4.78 is 0. The predicted octanol–water partition coefficient (Wildman–Crippen LogP) is 3.68. The molecule has 1 heterocycles. The summed E-state index contributed by atoms with van der Waals surface area (Å²) in [5, 5.41) is 3.91. The minimum Gasteiger partial charge on any atom is -0.382 e. The molecule has 0 bridgehead atoms. The molecule has 0 fully saturated rings. The zero-order chi connectivity index (χ0) is 14.0.